The van der Waals surface area contributed by atoms with Crippen LogP contribution >= 0.6 is 24.0 Å². The summed E-state index contributed by atoms with van der Waals surface area (Å²) < 4.78 is 2.22. The molecular formula is C12H22Cl2N2. The average Bonchev–Trinajstić information content (AvgIpc) is 2.55. The van der Waals surface area contributed by atoms with Gasteiger partial charge in [-0.1, -0.05) is 19.8 Å². The first kappa shape index (κ1) is 15.8. The number of alkyl halides is 1. The van der Waals surface area contributed by atoms with Crippen LogP contribution in [0.25, 0.3) is 0 Å². The fourth-order valence-electron chi connectivity index (χ4n) is 1.95. The molecule has 0 atom stereocenters. The van der Waals surface area contributed by atoms with Gasteiger partial charge >= 0.3 is 0 Å². The third kappa shape index (κ3) is 3.67. The highest BCUT2D eigenvalue weighted by molar-refractivity contribution is 6.16. The molecule has 0 unspecified atom stereocenters. The Morgan fingerprint density at radius 3 is 2.38 bits per heavy atom. The monoisotopic (exact) mass is 264 g/mol. The largest absolute Gasteiger partial charge is 0.331 e. The summed E-state index contributed by atoms with van der Waals surface area (Å²) in [6.07, 6.45) is 4.88. The van der Waals surface area contributed by atoms with Crippen LogP contribution in [0, 0.1) is 6.92 Å². The standard InChI is InChI=1S/C12H21ClN2.ClH/c1-4-6-7-8-11-10(3)15(5-2)12(9-13)14-11;/h4-9H2,1-3H3;1H. The van der Waals surface area contributed by atoms with Gasteiger partial charge in [-0.05, 0) is 26.7 Å². The van der Waals surface area contributed by atoms with E-state index in [4.69, 9.17) is 11.6 Å². The zero-order valence-electron chi connectivity index (χ0n) is 10.4. The number of unbranched alkanes of at least 4 members (excludes halogenated alkanes) is 2. The summed E-state index contributed by atoms with van der Waals surface area (Å²) in [4.78, 5) is 4.60. The summed E-state index contributed by atoms with van der Waals surface area (Å²) in [7, 11) is 0. The van der Waals surface area contributed by atoms with Crippen molar-refractivity contribution in [2.45, 2.75) is 58.9 Å². The van der Waals surface area contributed by atoms with Gasteiger partial charge in [0.05, 0.1) is 11.6 Å². The van der Waals surface area contributed by atoms with Gasteiger partial charge < -0.3 is 4.57 Å². The minimum Gasteiger partial charge on any atom is -0.331 e. The summed E-state index contributed by atoms with van der Waals surface area (Å²) in [5, 5.41) is 0. The highest BCUT2D eigenvalue weighted by Crippen LogP contribution is 2.15. The van der Waals surface area contributed by atoms with Crippen LogP contribution in [0.3, 0.4) is 0 Å². The maximum atomic E-state index is 5.87. The van der Waals surface area contributed by atoms with Crippen LogP contribution in [0.4, 0.5) is 0 Å². The van der Waals surface area contributed by atoms with Crippen molar-refractivity contribution in [3.63, 3.8) is 0 Å². The first-order chi connectivity index (χ1) is 7.24. The maximum absolute atomic E-state index is 5.87. The first-order valence-corrected chi connectivity index (χ1v) is 6.38. The molecule has 16 heavy (non-hydrogen) atoms. The molecule has 0 spiro atoms. The molecule has 0 aliphatic rings. The highest BCUT2D eigenvalue weighted by Gasteiger charge is 2.10. The Bertz CT molecular complexity index is 308. The number of hydrogen-bond donors (Lipinski definition) is 0. The third-order valence-corrected chi connectivity index (χ3v) is 3.09. The van der Waals surface area contributed by atoms with Crippen molar-refractivity contribution in [3.8, 4) is 0 Å². The van der Waals surface area contributed by atoms with Crippen LogP contribution < -0.4 is 0 Å². The molecule has 0 saturated heterocycles. The molecule has 1 aromatic heterocycles. The molecule has 1 aromatic rings. The zero-order valence-corrected chi connectivity index (χ0v) is 12.0. The molecule has 1 heterocycles. The van der Waals surface area contributed by atoms with Gasteiger partial charge in [-0.2, -0.15) is 0 Å². The summed E-state index contributed by atoms with van der Waals surface area (Å²) in [6.45, 7) is 7.48. The molecule has 0 aromatic carbocycles. The number of imidazole rings is 1. The van der Waals surface area contributed by atoms with Gasteiger partial charge in [0.1, 0.15) is 5.82 Å². The lowest BCUT2D eigenvalue weighted by molar-refractivity contribution is 0.693. The Labute approximate surface area is 110 Å². The van der Waals surface area contributed by atoms with Crippen LogP contribution in [0.1, 0.15) is 50.3 Å². The van der Waals surface area contributed by atoms with Gasteiger partial charge in [0.2, 0.25) is 0 Å². The molecule has 0 aliphatic carbocycles. The molecular weight excluding hydrogens is 243 g/mol. The van der Waals surface area contributed by atoms with E-state index in [1.165, 1.54) is 30.7 Å². The summed E-state index contributed by atoms with van der Waals surface area (Å²) in [6, 6.07) is 0. The van der Waals surface area contributed by atoms with E-state index in [-0.39, 0.29) is 12.4 Å². The van der Waals surface area contributed by atoms with Crippen LogP contribution in [-0.4, -0.2) is 9.55 Å². The van der Waals surface area contributed by atoms with Gasteiger partial charge in [-0.3, -0.25) is 0 Å². The lowest BCUT2D eigenvalue weighted by Crippen LogP contribution is -2.01. The Hall–Kier alpha value is -0.210. The Balaban J connectivity index is 0.00000225. The molecule has 0 N–H and O–H groups in total. The summed E-state index contributed by atoms with van der Waals surface area (Å²) in [5.74, 6) is 1.53. The summed E-state index contributed by atoms with van der Waals surface area (Å²) >= 11 is 5.87. The topological polar surface area (TPSA) is 17.8 Å². The molecule has 0 fully saturated rings. The van der Waals surface area contributed by atoms with Crippen molar-refractivity contribution in [1.29, 1.82) is 0 Å². The third-order valence-electron chi connectivity index (χ3n) is 2.85. The fourth-order valence-corrected chi connectivity index (χ4v) is 2.15. The number of hydrogen-bond acceptors (Lipinski definition) is 1. The lowest BCUT2D eigenvalue weighted by atomic mass is 10.1. The first-order valence-electron chi connectivity index (χ1n) is 5.85. The number of aromatic nitrogens is 2. The number of rotatable bonds is 6. The Morgan fingerprint density at radius 2 is 1.94 bits per heavy atom. The Kier molecular flexibility index (Phi) is 7.86. The fraction of sp³-hybridized carbons (Fsp3) is 0.750. The smallest absolute Gasteiger partial charge is 0.124 e. The SMILES string of the molecule is CCCCCc1nc(CCl)n(CC)c1C.Cl. The Morgan fingerprint density at radius 1 is 1.25 bits per heavy atom. The van der Waals surface area contributed by atoms with Crippen LogP contribution in [0.2, 0.25) is 0 Å². The lowest BCUT2D eigenvalue weighted by Gasteiger charge is -2.04. The van der Waals surface area contributed by atoms with Crippen molar-refractivity contribution >= 4 is 24.0 Å². The second kappa shape index (κ2) is 7.97. The van der Waals surface area contributed by atoms with E-state index in [1.54, 1.807) is 0 Å². The van der Waals surface area contributed by atoms with Crippen molar-refractivity contribution in [1.82, 2.24) is 9.55 Å². The van der Waals surface area contributed by atoms with Crippen molar-refractivity contribution < 1.29 is 0 Å². The quantitative estimate of drug-likeness (QED) is 0.559. The minimum atomic E-state index is 0. The van der Waals surface area contributed by atoms with E-state index in [0.29, 0.717) is 5.88 Å². The predicted octanol–water partition coefficient (Wildman–Crippen LogP) is 4.10. The molecule has 0 aliphatic heterocycles. The van der Waals surface area contributed by atoms with Gasteiger partial charge in [-0.15, -0.1) is 24.0 Å². The van der Waals surface area contributed by atoms with Gasteiger partial charge in [-0.25, -0.2) is 4.98 Å². The summed E-state index contributed by atoms with van der Waals surface area (Å²) in [5.41, 5.74) is 2.53. The zero-order chi connectivity index (χ0) is 11.3. The van der Waals surface area contributed by atoms with E-state index < -0.39 is 0 Å². The van der Waals surface area contributed by atoms with Crippen molar-refractivity contribution in [2.24, 2.45) is 0 Å². The molecule has 2 nitrogen and oxygen atoms in total. The maximum Gasteiger partial charge on any atom is 0.124 e. The second-order valence-electron chi connectivity index (χ2n) is 3.90. The molecule has 94 valence electrons. The van der Waals surface area contributed by atoms with E-state index in [2.05, 4.69) is 30.3 Å². The van der Waals surface area contributed by atoms with Crippen molar-refractivity contribution in [3.05, 3.63) is 17.2 Å². The predicted molar refractivity (Wildman–Crippen MR) is 72.7 cm³/mol. The molecule has 1 rings (SSSR count). The second-order valence-corrected chi connectivity index (χ2v) is 4.16. The van der Waals surface area contributed by atoms with Crippen LogP contribution in [-0.2, 0) is 18.8 Å². The molecule has 0 amide bonds. The molecule has 0 radical (unpaired) electrons. The highest BCUT2D eigenvalue weighted by atomic mass is 35.5. The van der Waals surface area contributed by atoms with E-state index in [0.717, 1.165) is 18.8 Å². The van der Waals surface area contributed by atoms with Crippen LogP contribution in [0.5, 0.6) is 0 Å². The van der Waals surface area contributed by atoms with E-state index >= 15 is 0 Å². The molecule has 4 heteroatoms. The van der Waals surface area contributed by atoms with E-state index in [9.17, 15) is 0 Å². The van der Waals surface area contributed by atoms with Crippen molar-refractivity contribution in [2.75, 3.05) is 0 Å². The average molecular weight is 265 g/mol. The van der Waals surface area contributed by atoms with Gasteiger partial charge in [0.25, 0.3) is 0 Å². The van der Waals surface area contributed by atoms with Gasteiger partial charge in [0.15, 0.2) is 0 Å². The van der Waals surface area contributed by atoms with E-state index in [1.807, 2.05) is 0 Å². The number of halogens is 2. The van der Waals surface area contributed by atoms with Gasteiger partial charge in [0, 0.05) is 12.2 Å². The molecule has 0 bridgehead atoms. The minimum absolute atomic E-state index is 0. The number of aryl methyl sites for hydroxylation is 1. The van der Waals surface area contributed by atoms with Crippen LogP contribution in [0.15, 0.2) is 0 Å². The molecule has 0 saturated carbocycles. The normalized spacial score (nSPS) is 10.2. The number of nitrogens with zero attached hydrogens (tertiary/aromatic N) is 2.